The Hall–Kier alpha value is -3.77. The number of nitrogens with zero attached hydrogens (tertiary/aromatic N) is 1. The first-order chi connectivity index (χ1) is 18.1. The molecule has 1 saturated heterocycles. The molecule has 2 aromatic carbocycles. The third-order valence-corrected chi connectivity index (χ3v) is 7.03. The Morgan fingerprint density at radius 2 is 1.42 bits per heavy atom. The maximum absolute atomic E-state index is 13.6. The normalized spacial score (nSPS) is 24.5. The lowest BCUT2D eigenvalue weighted by Crippen LogP contribution is -2.66. The molecule has 0 radical (unpaired) electrons. The van der Waals surface area contributed by atoms with Crippen molar-refractivity contribution in [3.8, 4) is 0 Å². The number of ether oxygens (including phenoxy) is 4. The highest BCUT2D eigenvalue weighted by Crippen LogP contribution is 2.41. The molecule has 0 aliphatic carbocycles. The largest absolute Gasteiger partial charge is 0.463 e. The van der Waals surface area contributed by atoms with Crippen LogP contribution in [0.5, 0.6) is 0 Å². The second kappa shape index (κ2) is 11.3. The molecule has 0 aromatic heterocycles. The Bertz CT molecular complexity index is 1230. The van der Waals surface area contributed by atoms with Crippen molar-refractivity contribution >= 4 is 41.5 Å². The van der Waals surface area contributed by atoms with Crippen LogP contribution < -0.4 is 0 Å². The standard InChI is InChI=1S/C26H24FNO9S/c1-13(29)34-12-20-22(35-14(2)30)23(36-15(3)31)21(26(37-20)38-17-10-8-16(27)9-11-17)28-24(32)18-6-4-5-7-19(18)25(28)33/h4-11,20-23,26H,12H2,1-3H3/t20?,21-,22+,23+,26?/m0/s1. The fourth-order valence-electron chi connectivity index (χ4n) is 4.38. The first-order valence-electron chi connectivity index (χ1n) is 11.6. The number of esters is 3. The van der Waals surface area contributed by atoms with Crippen molar-refractivity contribution in [2.75, 3.05) is 6.61 Å². The van der Waals surface area contributed by atoms with Gasteiger partial charge in [0.1, 0.15) is 30.0 Å². The Kier molecular flexibility index (Phi) is 8.12. The number of carbonyl (C=O) groups excluding carboxylic acids is 5. The van der Waals surface area contributed by atoms with E-state index in [9.17, 15) is 28.4 Å². The molecule has 0 saturated carbocycles. The minimum absolute atomic E-state index is 0.149. The molecule has 0 bridgehead atoms. The zero-order chi connectivity index (χ0) is 27.6. The Balaban J connectivity index is 1.82. The van der Waals surface area contributed by atoms with Crippen LogP contribution in [-0.4, -0.2) is 71.0 Å². The summed E-state index contributed by atoms with van der Waals surface area (Å²) in [7, 11) is 0. The van der Waals surface area contributed by atoms with Gasteiger partial charge in [0, 0.05) is 25.7 Å². The van der Waals surface area contributed by atoms with Crippen molar-refractivity contribution in [1.29, 1.82) is 0 Å². The predicted molar refractivity (Wildman–Crippen MR) is 129 cm³/mol. The monoisotopic (exact) mass is 545 g/mol. The zero-order valence-electron chi connectivity index (χ0n) is 20.6. The van der Waals surface area contributed by atoms with E-state index in [1.54, 1.807) is 12.1 Å². The third kappa shape index (κ3) is 5.70. The minimum Gasteiger partial charge on any atom is -0.463 e. The molecule has 2 amide bonds. The molecule has 2 unspecified atom stereocenters. The van der Waals surface area contributed by atoms with Crippen molar-refractivity contribution in [1.82, 2.24) is 4.90 Å². The average Bonchev–Trinajstić information content (AvgIpc) is 3.10. The second-order valence-electron chi connectivity index (χ2n) is 8.58. The van der Waals surface area contributed by atoms with Gasteiger partial charge in [0.2, 0.25) is 0 Å². The summed E-state index contributed by atoms with van der Waals surface area (Å²) in [5.41, 5.74) is -0.800. The topological polar surface area (TPSA) is 126 Å². The van der Waals surface area contributed by atoms with E-state index in [1.165, 1.54) is 43.3 Å². The number of benzene rings is 2. The number of rotatable bonds is 7. The molecule has 10 nitrogen and oxygen atoms in total. The lowest BCUT2D eigenvalue weighted by Gasteiger charge is -2.47. The van der Waals surface area contributed by atoms with E-state index in [4.69, 9.17) is 18.9 Å². The SMILES string of the molecule is CC(=O)OCC1OC(Sc2ccc(F)cc2)[C@@H](N2C(=O)c3ccccc3C2=O)[C@@H](OC(C)=O)[C@@H]1OC(C)=O. The average molecular weight is 546 g/mol. The summed E-state index contributed by atoms with van der Waals surface area (Å²) in [5.74, 6) is -3.94. The van der Waals surface area contributed by atoms with E-state index in [0.717, 1.165) is 30.5 Å². The molecule has 0 spiro atoms. The number of hydrogen-bond donors (Lipinski definition) is 0. The van der Waals surface area contributed by atoms with Crippen LogP contribution in [0.4, 0.5) is 4.39 Å². The van der Waals surface area contributed by atoms with Gasteiger partial charge in [0.05, 0.1) is 11.1 Å². The van der Waals surface area contributed by atoms with Crippen LogP contribution >= 0.6 is 11.8 Å². The van der Waals surface area contributed by atoms with Gasteiger partial charge in [-0.3, -0.25) is 28.9 Å². The van der Waals surface area contributed by atoms with Gasteiger partial charge in [-0.05, 0) is 36.4 Å². The van der Waals surface area contributed by atoms with Gasteiger partial charge in [-0.15, -0.1) is 0 Å². The molecule has 2 aromatic rings. The highest BCUT2D eigenvalue weighted by Gasteiger charge is 2.57. The highest BCUT2D eigenvalue weighted by atomic mass is 32.2. The van der Waals surface area contributed by atoms with Gasteiger partial charge in [-0.25, -0.2) is 4.39 Å². The number of fused-ring (bicyclic) bond motifs is 1. The van der Waals surface area contributed by atoms with E-state index in [-0.39, 0.29) is 17.7 Å². The molecule has 5 atom stereocenters. The molecule has 2 aliphatic heterocycles. The van der Waals surface area contributed by atoms with E-state index in [2.05, 4.69) is 0 Å². The van der Waals surface area contributed by atoms with Crippen LogP contribution in [0.1, 0.15) is 41.5 Å². The third-order valence-electron chi connectivity index (χ3n) is 5.86. The lowest BCUT2D eigenvalue weighted by molar-refractivity contribution is -0.216. The van der Waals surface area contributed by atoms with Crippen molar-refractivity contribution in [3.63, 3.8) is 0 Å². The molecular weight excluding hydrogens is 521 g/mol. The summed E-state index contributed by atoms with van der Waals surface area (Å²) >= 11 is 1.03. The molecule has 2 aliphatic rings. The second-order valence-corrected chi connectivity index (χ2v) is 9.75. The fraction of sp³-hybridized carbons (Fsp3) is 0.346. The Morgan fingerprint density at radius 3 is 1.95 bits per heavy atom. The Morgan fingerprint density at radius 1 is 0.868 bits per heavy atom. The van der Waals surface area contributed by atoms with E-state index in [1.807, 2.05) is 0 Å². The smallest absolute Gasteiger partial charge is 0.303 e. The number of amides is 2. The van der Waals surface area contributed by atoms with Gasteiger partial charge in [0.25, 0.3) is 11.8 Å². The van der Waals surface area contributed by atoms with Crippen molar-refractivity contribution in [2.24, 2.45) is 0 Å². The van der Waals surface area contributed by atoms with Gasteiger partial charge < -0.3 is 18.9 Å². The van der Waals surface area contributed by atoms with Gasteiger partial charge >= 0.3 is 17.9 Å². The molecular formula is C26H24FNO9S. The number of halogens is 1. The first kappa shape index (κ1) is 27.3. The van der Waals surface area contributed by atoms with E-state index < -0.39 is 65.3 Å². The summed E-state index contributed by atoms with van der Waals surface area (Å²) in [5, 5.41) is 0. The maximum atomic E-state index is 13.6. The fourth-order valence-corrected chi connectivity index (χ4v) is 5.56. The summed E-state index contributed by atoms with van der Waals surface area (Å²) in [6, 6.07) is 10.3. The molecule has 1 fully saturated rings. The Labute approximate surface area is 221 Å². The molecule has 12 heteroatoms. The summed E-state index contributed by atoms with van der Waals surface area (Å²) < 4.78 is 35.9. The number of thioether (sulfide) groups is 1. The molecule has 2 heterocycles. The summed E-state index contributed by atoms with van der Waals surface area (Å²) in [6.07, 6.45) is -3.85. The molecule has 200 valence electrons. The van der Waals surface area contributed by atoms with Gasteiger partial charge in [-0.1, -0.05) is 23.9 Å². The van der Waals surface area contributed by atoms with E-state index in [0.29, 0.717) is 4.90 Å². The number of imide groups is 1. The summed E-state index contributed by atoms with van der Waals surface area (Å²) in [6.45, 7) is 3.06. The van der Waals surface area contributed by atoms with Crippen LogP contribution in [0.2, 0.25) is 0 Å². The minimum atomic E-state index is -1.38. The van der Waals surface area contributed by atoms with Crippen molar-refractivity contribution in [3.05, 3.63) is 65.5 Å². The van der Waals surface area contributed by atoms with Crippen LogP contribution in [0.15, 0.2) is 53.4 Å². The molecule has 4 rings (SSSR count). The number of carbonyl (C=O) groups is 5. The van der Waals surface area contributed by atoms with Crippen LogP contribution in [0.25, 0.3) is 0 Å². The lowest BCUT2D eigenvalue weighted by atomic mass is 9.96. The predicted octanol–water partition coefficient (Wildman–Crippen LogP) is 2.73. The maximum Gasteiger partial charge on any atom is 0.303 e. The quantitative estimate of drug-likeness (QED) is 0.291. The molecule has 38 heavy (non-hydrogen) atoms. The summed E-state index contributed by atoms with van der Waals surface area (Å²) in [4.78, 5) is 64.2. The van der Waals surface area contributed by atoms with E-state index >= 15 is 0 Å². The van der Waals surface area contributed by atoms with Crippen LogP contribution in [0.3, 0.4) is 0 Å². The first-order valence-corrected chi connectivity index (χ1v) is 12.5. The number of hydrogen-bond acceptors (Lipinski definition) is 10. The molecule has 0 N–H and O–H groups in total. The highest BCUT2D eigenvalue weighted by molar-refractivity contribution is 7.99. The van der Waals surface area contributed by atoms with Crippen LogP contribution in [-0.2, 0) is 33.3 Å². The van der Waals surface area contributed by atoms with Gasteiger partial charge in [-0.2, -0.15) is 0 Å². The van der Waals surface area contributed by atoms with Crippen molar-refractivity contribution in [2.45, 2.75) is 55.5 Å². The van der Waals surface area contributed by atoms with Crippen LogP contribution in [0, 0.1) is 5.82 Å². The van der Waals surface area contributed by atoms with Crippen molar-refractivity contribution < 1.29 is 47.3 Å². The zero-order valence-corrected chi connectivity index (χ0v) is 21.4. The van der Waals surface area contributed by atoms with Gasteiger partial charge in [0.15, 0.2) is 12.2 Å².